The fourth-order valence-corrected chi connectivity index (χ4v) is 11.2. The summed E-state index contributed by atoms with van der Waals surface area (Å²) in [6, 6.07) is 22.8. The maximum absolute atomic E-state index is 13.7. The average Bonchev–Trinajstić information content (AvgIpc) is 3.85. The Bertz CT molecular complexity index is 1810. The van der Waals surface area contributed by atoms with Crippen LogP contribution in [0.2, 0.25) is 14.8 Å². The van der Waals surface area contributed by atoms with Gasteiger partial charge >= 0.3 is 192 Å². The standard InChI is InChI=1S/C34H31F3N5O2.3CH3.Sn/c1-21-19-41(24-12-13-31(29(16-24)22-10-11-22)40-32-38-17-23(18-39-32)34(35,36)37)14-15-42(21)33(43)44-20-30-27-8-4-2-6-25(27)26-7-3-5-9-28(26)30;;;;/h2-9,12-13,16-17,21-22,30H,10-11,14-15,19-20H2,1H3,(H,38,39,40);3*1H3;/t21-;;;;/m1..../s1. The Morgan fingerprint density at radius 1 is 0.958 bits per heavy atom. The zero-order chi connectivity index (χ0) is 33.8. The minimum absolute atomic E-state index is 0.0158. The van der Waals surface area contributed by atoms with Crippen LogP contribution in [0.15, 0.2) is 72.9 Å². The van der Waals surface area contributed by atoms with Crippen LogP contribution in [0.4, 0.5) is 35.3 Å². The van der Waals surface area contributed by atoms with E-state index in [0.717, 1.165) is 36.0 Å². The Kier molecular flexibility index (Phi) is 8.58. The van der Waals surface area contributed by atoms with E-state index in [-0.39, 0.29) is 27.7 Å². The van der Waals surface area contributed by atoms with Gasteiger partial charge in [-0.1, -0.05) is 48.5 Å². The molecular formula is C37H40F3N5O2Sn. The van der Waals surface area contributed by atoms with Crippen LogP contribution in [-0.4, -0.2) is 71.6 Å². The molecule has 3 aromatic carbocycles. The number of anilines is 3. The van der Waals surface area contributed by atoms with Gasteiger partial charge in [-0.15, -0.1) is 0 Å². The number of ether oxygens (including phenoxy) is 1. The quantitative estimate of drug-likeness (QED) is 0.192. The van der Waals surface area contributed by atoms with E-state index < -0.39 is 30.1 Å². The third kappa shape index (κ3) is 6.47. The third-order valence-corrected chi connectivity index (χ3v) is 14.8. The number of fused-ring (bicyclic) bond motifs is 3. The van der Waals surface area contributed by atoms with E-state index in [1.54, 1.807) is 0 Å². The molecule has 250 valence electrons. The van der Waals surface area contributed by atoms with Gasteiger partial charge in [0.15, 0.2) is 0 Å². The summed E-state index contributed by atoms with van der Waals surface area (Å²) in [5.74, 6) is 0.592. The Balaban J connectivity index is 1.03. The van der Waals surface area contributed by atoms with Gasteiger partial charge in [0.1, 0.15) is 6.61 Å². The molecule has 7 nitrogen and oxygen atoms in total. The Hall–Kier alpha value is -3.80. The number of hydrogen-bond acceptors (Lipinski definition) is 6. The van der Waals surface area contributed by atoms with Gasteiger partial charge in [-0.25, -0.2) is 4.79 Å². The van der Waals surface area contributed by atoms with Gasteiger partial charge < -0.3 is 4.74 Å². The van der Waals surface area contributed by atoms with Gasteiger partial charge in [-0.05, 0) is 22.3 Å². The molecule has 0 spiro atoms. The fraction of sp³-hybridized carbons (Fsp3) is 0.378. The van der Waals surface area contributed by atoms with Crippen LogP contribution in [0, 0.1) is 0 Å². The molecule has 1 aliphatic heterocycles. The van der Waals surface area contributed by atoms with E-state index in [4.69, 9.17) is 4.74 Å². The number of aromatic nitrogens is 2. The van der Waals surface area contributed by atoms with E-state index in [1.165, 1.54) is 22.3 Å². The first-order chi connectivity index (χ1) is 22.9. The predicted molar refractivity (Wildman–Crippen MR) is 185 cm³/mol. The van der Waals surface area contributed by atoms with Crippen molar-refractivity contribution in [3.63, 3.8) is 0 Å². The van der Waals surface area contributed by atoms with Crippen molar-refractivity contribution in [1.29, 1.82) is 0 Å². The summed E-state index contributed by atoms with van der Waals surface area (Å²) in [4.78, 5) is 31.8. The third-order valence-electron chi connectivity index (χ3n) is 9.67. The second-order valence-corrected chi connectivity index (χ2v) is 28.4. The molecule has 7 rings (SSSR count). The van der Waals surface area contributed by atoms with Crippen LogP contribution in [0.3, 0.4) is 0 Å². The fourth-order valence-electron chi connectivity index (χ4n) is 7.07. The summed E-state index contributed by atoms with van der Waals surface area (Å²) in [6.07, 6.45) is -1.73. The molecule has 1 aromatic heterocycles. The van der Waals surface area contributed by atoms with Crippen LogP contribution in [0.5, 0.6) is 0 Å². The number of rotatable bonds is 7. The van der Waals surface area contributed by atoms with Crippen molar-refractivity contribution in [3.05, 3.63) is 95.2 Å². The second-order valence-electron chi connectivity index (χ2n) is 14.2. The predicted octanol–water partition coefficient (Wildman–Crippen LogP) is 8.12. The molecule has 1 amide bonds. The number of amides is 1. The molecule has 2 heterocycles. The number of carbonyl (C=O) groups excluding carboxylic acids is 1. The SMILES string of the molecule is C[C@@H]1CN(c2ccc(Nc3ncc(C(F)(F)F)[c]([Sn]([CH3])([CH3])[CH3])n3)c(C3CC3)c2)CCN1C(=O)OCC1c2ccccc2-c2ccccc21. The zero-order valence-corrected chi connectivity index (χ0v) is 30.5. The number of hydrogen-bond donors (Lipinski definition) is 1. The first-order valence-corrected chi connectivity index (χ1v) is 26.6. The number of benzene rings is 3. The van der Waals surface area contributed by atoms with Crippen molar-refractivity contribution in [2.75, 3.05) is 36.5 Å². The van der Waals surface area contributed by atoms with E-state index in [9.17, 15) is 18.0 Å². The van der Waals surface area contributed by atoms with Gasteiger partial charge in [0.25, 0.3) is 0 Å². The Labute approximate surface area is 283 Å². The molecule has 11 heteroatoms. The van der Waals surface area contributed by atoms with Crippen molar-refractivity contribution in [2.24, 2.45) is 0 Å². The molecule has 1 N–H and O–H groups in total. The maximum atomic E-state index is 13.7. The average molecular weight is 762 g/mol. The minimum atomic E-state index is -4.48. The number of halogens is 3. The van der Waals surface area contributed by atoms with E-state index >= 15 is 0 Å². The minimum Gasteiger partial charge on any atom is -0.448 e. The van der Waals surface area contributed by atoms with Crippen molar-refractivity contribution < 1.29 is 22.7 Å². The molecule has 2 aliphatic carbocycles. The van der Waals surface area contributed by atoms with E-state index in [2.05, 4.69) is 50.5 Å². The van der Waals surface area contributed by atoms with Crippen molar-refractivity contribution in [1.82, 2.24) is 14.9 Å². The molecular weight excluding hydrogens is 722 g/mol. The van der Waals surface area contributed by atoms with Gasteiger partial charge in [0.05, 0.1) is 0 Å². The van der Waals surface area contributed by atoms with E-state index in [0.29, 0.717) is 32.2 Å². The van der Waals surface area contributed by atoms with Crippen LogP contribution in [0.25, 0.3) is 11.1 Å². The molecule has 3 aliphatic rings. The summed E-state index contributed by atoms with van der Waals surface area (Å²) >= 11 is -3.22. The second kappa shape index (κ2) is 12.6. The van der Waals surface area contributed by atoms with E-state index in [1.807, 2.05) is 63.0 Å². The molecule has 0 radical (unpaired) electrons. The van der Waals surface area contributed by atoms with Crippen molar-refractivity contribution in [2.45, 2.75) is 58.6 Å². The summed E-state index contributed by atoms with van der Waals surface area (Å²) in [6.45, 7) is 4.20. The smallest absolute Gasteiger partial charge is 0.448 e. The molecule has 0 bridgehead atoms. The summed E-state index contributed by atoms with van der Waals surface area (Å²) in [5.41, 5.74) is 7.05. The Morgan fingerprint density at radius 3 is 2.23 bits per heavy atom. The zero-order valence-electron chi connectivity index (χ0n) is 27.6. The van der Waals surface area contributed by atoms with Gasteiger partial charge in [0, 0.05) is 5.92 Å². The summed E-state index contributed by atoms with van der Waals surface area (Å²) in [7, 11) is 0. The van der Waals surface area contributed by atoms with Crippen molar-refractivity contribution >= 4 is 45.5 Å². The number of carbonyl (C=O) groups is 1. The molecule has 48 heavy (non-hydrogen) atoms. The summed E-state index contributed by atoms with van der Waals surface area (Å²) < 4.78 is 47.3. The van der Waals surface area contributed by atoms with Crippen LogP contribution in [-0.2, 0) is 10.9 Å². The first kappa shape index (κ1) is 32.7. The van der Waals surface area contributed by atoms with Gasteiger partial charge in [0.2, 0.25) is 0 Å². The number of alkyl halides is 3. The first-order valence-electron chi connectivity index (χ1n) is 16.6. The molecule has 1 saturated carbocycles. The van der Waals surface area contributed by atoms with Crippen LogP contribution in [0.1, 0.15) is 53.9 Å². The van der Waals surface area contributed by atoms with Crippen molar-refractivity contribution in [3.8, 4) is 11.1 Å². The molecule has 0 unspecified atom stereocenters. The molecule has 2 fully saturated rings. The molecule has 1 saturated heterocycles. The number of nitrogens with zero attached hydrogens (tertiary/aromatic N) is 4. The monoisotopic (exact) mass is 763 g/mol. The number of piperazine rings is 1. The topological polar surface area (TPSA) is 70.6 Å². The van der Waals surface area contributed by atoms with Crippen LogP contribution >= 0.6 is 0 Å². The molecule has 4 aromatic rings. The Morgan fingerprint density at radius 2 is 1.62 bits per heavy atom. The normalized spacial score (nSPS) is 18.0. The summed E-state index contributed by atoms with van der Waals surface area (Å²) in [5, 5.41) is 3.25. The van der Waals surface area contributed by atoms with Gasteiger partial charge in [-0.3, -0.25) is 0 Å². The van der Waals surface area contributed by atoms with Crippen LogP contribution < -0.4 is 13.9 Å². The number of nitrogens with one attached hydrogen (secondary N) is 1. The van der Waals surface area contributed by atoms with Gasteiger partial charge in [-0.2, -0.15) is 0 Å². The molecule has 1 atom stereocenters.